The van der Waals surface area contributed by atoms with Gasteiger partial charge < -0.3 is 14.8 Å². The zero-order chi connectivity index (χ0) is 18.0. The number of methoxy groups -OCH3 is 1. The minimum absolute atomic E-state index is 0.0607. The molecule has 132 valence electrons. The van der Waals surface area contributed by atoms with Crippen LogP contribution < -0.4 is 14.8 Å². The molecule has 2 aromatic rings. The van der Waals surface area contributed by atoms with Crippen LogP contribution in [0.25, 0.3) is 0 Å². The number of benzene rings is 2. The molecule has 0 spiro atoms. The maximum absolute atomic E-state index is 12.8. The van der Waals surface area contributed by atoms with Crippen LogP contribution in [-0.4, -0.2) is 24.9 Å². The average Bonchev–Trinajstić information content (AvgIpc) is 2.60. The van der Waals surface area contributed by atoms with Crippen LogP contribution in [0.2, 0.25) is 0 Å². The van der Waals surface area contributed by atoms with Crippen molar-refractivity contribution >= 4 is 17.7 Å². The van der Waals surface area contributed by atoms with E-state index in [0.717, 1.165) is 22.0 Å². The molecular formula is C20H23NO3S. The van der Waals surface area contributed by atoms with Crippen LogP contribution in [0.1, 0.15) is 42.2 Å². The van der Waals surface area contributed by atoms with Crippen molar-refractivity contribution < 1.29 is 14.3 Å². The molecule has 0 bridgehead atoms. The van der Waals surface area contributed by atoms with Gasteiger partial charge >= 0.3 is 0 Å². The Hall–Kier alpha value is -2.14. The van der Waals surface area contributed by atoms with Gasteiger partial charge in [-0.05, 0) is 44.4 Å². The SMILES string of the molecule is COc1ccc2c(c1)OC(C)(C)C[C@H]2NC(=O)c1ccccc1SC. The maximum Gasteiger partial charge on any atom is 0.252 e. The van der Waals surface area contributed by atoms with Crippen LogP contribution in [0.5, 0.6) is 11.5 Å². The summed E-state index contributed by atoms with van der Waals surface area (Å²) in [4.78, 5) is 13.8. The van der Waals surface area contributed by atoms with Gasteiger partial charge in [0, 0.05) is 22.9 Å². The summed E-state index contributed by atoms with van der Waals surface area (Å²) in [5, 5.41) is 3.19. The van der Waals surface area contributed by atoms with Gasteiger partial charge in [0.1, 0.15) is 17.1 Å². The summed E-state index contributed by atoms with van der Waals surface area (Å²) in [5.41, 5.74) is 1.32. The van der Waals surface area contributed by atoms with Crippen molar-refractivity contribution in [3.63, 3.8) is 0 Å². The van der Waals surface area contributed by atoms with Gasteiger partial charge in [-0.2, -0.15) is 0 Å². The Morgan fingerprint density at radius 2 is 2.04 bits per heavy atom. The number of nitrogens with one attached hydrogen (secondary N) is 1. The highest BCUT2D eigenvalue weighted by Gasteiger charge is 2.35. The van der Waals surface area contributed by atoms with Crippen molar-refractivity contribution in [1.82, 2.24) is 5.32 Å². The monoisotopic (exact) mass is 357 g/mol. The molecule has 0 saturated heterocycles. The predicted octanol–water partition coefficient (Wildman–Crippen LogP) is 4.45. The van der Waals surface area contributed by atoms with Gasteiger partial charge in [0.25, 0.3) is 5.91 Å². The molecule has 3 rings (SSSR count). The van der Waals surface area contributed by atoms with E-state index >= 15 is 0 Å². The highest BCUT2D eigenvalue weighted by molar-refractivity contribution is 7.98. The van der Waals surface area contributed by atoms with E-state index in [4.69, 9.17) is 9.47 Å². The fourth-order valence-corrected chi connectivity index (χ4v) is 3.75. The normalized spacial score (nSPS) is 18.0. The number of carbonyl (C=O) groups is 1. The Kier molecular flexibility index (Phi) is 4.95. The van der Waals surface area contributed by atoms with Crippen molar-refractivity contribution in [2.45, 2.75) is 36.8 Å². The molecule has 0 radical (unpaired) electrons. The van der Waals surface area contributed by atoms with E-state index in [-0.39, 0.29) is 17.6 Å². The van der Waals surface area contributed by atoms with Crippen molar-refractivity contribution in [2.75, 3.05) is 13.4 Å². The Balaban J connectivity index is 1.91. The van der Waals surface area contributed by atoms with Crippen molar-refractivity contribution in [3.8, 4) is 11.5 Å². The van der Waals surface area contributed by atoms with E-state index in [2.05, 4.69) is 5.32 Å². The smallest absolute Gasteiger partial charge is 0.252 e. The molecule has 1 aliphatic heterocycles. The van der Waals surface area contributed by atoms with E-state index in [1.165, 1.54) is 0 Å². The van der Waals surface area contributed by atoms with Crippen LogP contribution in [0.3, 0.4) is 0 Å². The zero-order valence-corrected chi connectivity index (χ0v) is 15.8. The first-order valence-electron chi connectivity index (χ1n) is 8.24. The molecule has 0 unspecified atom stereocenters. The number of hydrogen-bond donors (Lipinski definition) is 1. The van der Waals surface area contributed by atoms with Crippen LogP contribution in [0.15, 0.2) is 47.4 Å². The van der Waals surface area contributed by atoms with Gasteiger partial charge in [-0.15, -0.1) is 11.8 Å². The number of amides is 1. The second-order valence-electron chi connectivity index (χ2n) is 6.70. The van der Waals surface area contributed by atoms with Gasteiger partial charge in [0.2, 0.25) is 0 Å². The quantitative estimate of drug-likeness (QED) is 0.821. The minimum atomic E-state index is -0.365. The Labute approximate surface area is 152 Å². The minimum Gasteiger partial charge on any atom is -0.497 e. The summed E-state index contributed by atoms with van der Waals surface area (Å²) in [5.74, 6) is 1.45. The predicted molar refractivity (Wildman–Crippen MR) is 101 cm³/mol. The van der Waals surface area contributed by atoms with Crippen molar-refractivity contribution in [3.05, 3.63) is 53.6 Å². The molecule has 1 aliphatic rings. The molecule has 2 aromatic carbocycles. The first-order valence-corrected chi connectivity index (χ1v) is 9.47. The zero-order valence-electron chi connectivity index (χ0n) is 15.0. The number of fused-ring (bicyclic) bond motifs is 1. The van der Waals surface area contributed by atoms with E-state index in [1.54, 1.807) is 18.9 Å². The first kappa shape index (κ1) is 17.7. The van der Waals surface area contributed by atoms with Crippen LogP contribution in [-0.2, 0) is 0 Å². The summed E-state index contributed by atoms with van der Waals surface area (Å²) in [6, 6.07) is 13.3. The first-order chi connectivity index (χ1) is 11.9. The Morgan fingerprint density at radius 3 is 2.76 bits per heavy atom. The van der Waals surface area contributed by atoms with Gasteiger partial charge in [-0.25, -0.2) is 0 Å². The lowest BCUT2D eigenvalue weighted by molar-refractivity contribution is 0.0616. The fourth-order valence-electron chi connectivity index (χ4n) is 3.16. The van der Waals surface area contributed by atoms with E-state index in [1.807, 2.05) is 62.6 Å². The molecule has 1 heterocycles. The highest BCUT2D eigenvalue weighted by atomic mass is 32.2. The third-order valence-electron chi connectivity index (χ3n) is 4.34. The number of hydrogen-bond acceptors (Lipinski definition) is 4. The van der Waals surface area contributed by atoms with Crippen molar-refractivity contribution in [2.24, 2.45) is 0 Å². The van der Waals surface area contributed by atoms with E-state index < -0.39 is 0 Å². The second kappa shape index (κ2) is 7.00. The molecule has 1 amide bonds. The Bertz CT molecular complexity index is 788. The number of carbonyl (C=O) groups excluding carboxylic acids is 1. The standard InChI is InChI=1S/C20H23NO3S/c1-20(2)12-16(14-10-9-13(23-3)11-17(14)24-20)21-19(22)15-7-5-6-8-18(15)25-4/h5-11,16H,12H2,1-4H3,(H,21,22)/t16-/m1/s1. The summed E-state index contributed by atoms with van der Waals surface area (Å²) in [6.45, 7) is 4.06. The molecule has 0 saturated carbocycles. The summed E-state index contributed by atoms with van der Waals surface area (Å²) in [7, 11) is 1.63. The topological polar surface area (TPSA) is 47.6 Å². The van der Waals surface area contributed by atoms with Gasteiger partial charge in [0.15, 0.2) is 0 Å². The molecule has 0 fully saturated rings. The van der Waals surface area contributed by atoms with Crippen LogP contribution in [0, 0.1) is 0 Å². The molecule has 0 aliphatic carbocycles. The number of ether oxygens (including phenoxy) is 2. The van der Waals surface area contributed by atoms with Gasteiger partial charge in [0.05, 0.1) is 18.7 Å². The number of thioether (sulfide) groups is 1. The lowest BCUT2D eigenvalue weighted by atomic mass is 9.89. The largest absolute Gasteiger partial charge is 0.497 e. The molecule has 1 N–H and O–H groups in total. The summed E-state index contributed by atoms with van der Waals surface area (Å²) >= 11 is 1.57. The third kappa shape index (κ3) is 3.76. The lowest BCUT2D eigenvalue weighted by Gasteiger charge is -2.38. The van der Waals surface area contributed by atoms with Crippen LogP contribution >= 0.6 is 11.8 Å². The van der Waals surface area contributed by atoms with Gasteiger partial charge in [-0.3, -0.25) is 4.79 Å². The maximum atomic E-state index is 12.8. The van der Waals surface area contributed by atoms with E-state index in [9.17, 15) is 4.79 Å². The lowest BCUT2D eigenvalue weighted by Crippen LogP contribution is -2.41. The molecule has 25 heavy (non-hydrogen) atoms. The van der Waals surface area contributed by atoms with Crippen molar-refractivity contribution in [1.29, 1.82) is 0 Å². The fraction of sp³-hybridized carbons (Fsp3) is 0.350. The third-order valence-corrected chi connectivity index (χ3v) is 5.13. The average molecular weight is 357 g/mol. The summed E-state index contributed by atoms with van der Waals surface area (Å²) in [6.07, 6.45) is 2.69. The molecule has 1 atom stereocenters. The number of rotatable bonds is 4. The van der Waals surface area contributed by atoms with E-state index in [0.29, 0.717) is 12.0 Å². The molecule has 0 aromatic heterocycles. The van der Waals surface area contributed by atoms with Gasteiger partial charge in [-0.1, -0.05) is 12.1 Å². The highest BCUT2D eigenvalue weighted by Crippen LogP contribution is 2.41. The molecular weight excluding hydrogens is 334 g/mol. The molecule has 4 nitrogen and oxygen atoms in total. The van der Waals surface area contributed by atoms with Crippen LogP contribution in [0.4, 0.5) is 0 Å². The Morgan fingerprint density at radius 1 is 1.28 bits per heavy atom. The molecule has 5 heteroatoms. The second-order valence-corrected chi connectivity index (χ2v) is 7.54. The summed E-state index contributed by atoms with van der Waals surface area (Å²) < 4.78 is 11.4.